The normalized spacial score (nSPS) is 21.8. The van der Waals surface area contributed by atoms with Crippen LogP contribution in [0.25, 0.3) is 0 Å². The number of aryl methyl sites for hydroxylation is 1. The quantitative estimate of drug-likeness (QED) is 0.787. The number of rotatable bonds is 4. The summed E-state index contributed by atoms with van der Waals surface area (Å²) in [4.78, 5) is 0.258. The zero-order chi connectivity index (χ0) is 12.8. The van der Waals surface area contributed by atoms with E-state index in [1.165, 1.54) is 12.8 Å². The van der Waals surface area contributed by atoms with E-state index in [2.05, 4.69) is 0 Å². The molecule has 1 spiro atoms. The molecule has 0 N–H and O–H groups in total. The molecule has 0 heterocycles. The highest BCUT2D eigenvalue weighted by atomic mass is 32.2. The van der Waals surface area contributed by atoms with Crippen molar-refractivity contribution in [1.82, 2.24) is 0 Å². The molecular weight excluding hydrogens is 248 g/mol. The Bertz CT molecular complexity index is 533. The molecule has 2 fully saturated rings. The second kappa shape index (κ2) is 4.07. The smallest absolute Gasteiger partial charge is 0.266 e. The molecule has 98 valence electrons. The molecule has 0 radical (unpaired) electrons. The van der Waals surface area contributed by atoms with Crippen LogP contribution in [-0.4, -0.2) is 15.0 Å². The maximum absolute atomic E-state index is 11.9. The van der Waals surface area contributed by atoms with Gasteiger partial charge in [0, 0.05) is 0 Å². The lowest BCUT2D eigenvalue weighted by Gasteiger charge is -2.35. The monoisotopic (exact) mass is 266 g/mol. The molecule has 2 aliphatic rings. The van der Waals surface area contributed by atoms with Crippen LogP contribution in [0, 0.1) is 18.3 Å². The van der Waals surface area contributed by atoms with Crippen LogP contribution in [0.15, 0.2) is 29.2 Å². The molecule has 1 aromatic carbocycles. The summed E-state index contributed by atoms with van der Waals surface area (Å²) < 4.78 is 29.0. The van der Waals surface area contributed by atoms with Crippen LogP contribution in [0.3, 0.4) is 0 Å². The SMILES string of the molecule is Cc1ccc(S(=O)(=O)OCC2CC3(CC3)C2)cc1. The van der Waals surface area contributed by atoms with E-state index >= 15 is 0 Å². The van der Waals surface area contributed by atoms with Crippen molar-refractivity contribution >= 4 is 10.1 Å². The van der Waals surface area contributed by atoms with Crippen molar-refractivity contribution in [3.05, 3.63) is 29.8 Å². The minimum absolute atomic E-state index is 0.258. The summed E-state index contributed by atoms with van der Waals surface area (Å²) in [7, 11) is -3.57. The maximum atomic E-state index is 11.9. The van der Waals surface area contributed by atoms with Crippen molar-refractivity contribution in [3.8, 4) is 0 Å². The molecule has 1 aromatic rings. The van der Waals surface area contributed by atoms with Crippen LogP contribution in [0.2, 0.25) is 0 Å². The summed E-state index contributed by atoms with van der Waals surface area (Å²) in [5.74, 6) is 0.438. The summed E-state index contributed by atoms with van der Waals surface area (Å²) in [6.07, 6.45) is 4.95. The Balaban J connectivity index is 1.59. The molecule has 3 nitrogen and oxygen atoms in total. The first-order valence-electron chi connectivity index (χ1n) is 6.45. The molecule has 0 amide bonds. The Labute approximate surface area is 108 Å². The van der Waals surface area contributed by atoms with Crippen molar-refractivity contribution in [2.75, 3.05) is 6.61 Å². The van der Waals surface area contributed by atoms with Crippen LogP contribution in [0.5, 0.6) is 0 Å². The molecule has 4 heteroatoms. The maximum Gasteiger partial charge on any atom is 0.296 e. The van der Waals surface area contributed by atoms with Gasteiger partial charge < -0.3 is 0 Å². The van der Waals surface area contributed by atoms with E-state index in [9.17, 15) is 8.42 Å². The fourth-order valence-corrected chi connectivity index (χ4v) is 3.80. The van der Waals surface area contributed by atoms with Crippen molar-refractivity contribution in [2.24, 2.45) is 11.3 Å². The molecule has 0 bridgehead atoms. The summed E-state index contributed by atoms with van der Waals surface area (Å²) in [5.41, 5.74) is 1.64. The Morgan fingerprint density at radius 1 is 1.22 bits per heavy atom. The molecule has 0 aromatic heterocycles. The third-order valence-electron chi connectivity index (χ3n) is 4.17. The van der Waals surface area contributed by atoms with Gasteiger partial charge in [0.1, 0.15) is 0 Å². The summed E-state index contributed by atoms with van der Waals surface area (Å²) in [6, 6.07) is 6.79. The third-order valence-corrected chi connectivity index (χ3v) is 5.46. The fourth-order valence-electron chi connectivity index (χ4n) is 2.83. The topological polar surface area (TPSA) is 43.4 Å². The Morgan fingerprint density at radius 3 is 2.39 bits per heavy atom. The van der Waals surface area contributed by atoms with Crippen LogP contribution >= 0.6 is 0 Å². The van der Waals surface area contributed by atoms with E-state index in [0.717, 1.165) is 18.4 Å². The number of hydrogen-bond donors (Lipinski definition) is 0. The van der Waals surface area contributed by atoms with Crippen LogP contribution < -0.4 is 0 Å². The van der Waals surface area contributed by atoms with Gasteiger partial charge in [0.15, 0.2) is 0 Å². The van der Waals surface area contributed by atoms with Gasteiger partial charge in [0.25, 0.3) is 10.1 Å². The summed E-state index contributed by atoms with van der Waals surface area (Å²) >= 11 is 0. The predicted octanol–water partition coefficient (Wildman–Crippen LogP) is 2.89. The van der Waals surface area contributed by atoms with Gasteiger partial charge in [-0.1, -0.05) is 17.7 Å². The first-order valence-corrected chi connectivity index (χ1v) is 7.86. The van der Waals surface area contributed by atoms with Gasteiger partial charge in [0.05, 0.1) is 11.5 Å². The van der Waals surface area contributed by atoms with E-state index in [4.69, 9.17) is 4.18 Å². The van der Waals surface area contributed by atoms with Gasteiger partial charge in [-0.25, -0.2) is 0 Å². The highest BCUT2D eigenvalue weighted by Gasteiger charge is 2.52. The summed E-state index contributed by atoms with van der Waals surface area (Å²) in [5, 5.41) is 0. The van der Waals surface area contributed by atoms with Gasteiger partial charge in [0.2, 0.25) is 0 Å². The minimum atomic E-state index is -3.57. The molecular formula is C14H18O3S. The van der Waals surface area contributed by atoms with Crippen LogP contribution in [-0.2, 0) is 14.3 Å². The Kier molecular flexibility index (Phi) is 2.75. The Morgan fingerprint density at radius 2 is 1.83 bits per heavy atom. The molecule has 0 saturated heterocycles. The van der Waals surface area contributed by atoms with E-state index in [-0.39, 0.29) is 4.90 Å². The zero-order valence-electron chi connectivity index (χ0n) is 10.6. The molecule has 18 heavy (non-hydrogen) atoms. The molecule has 2 aliphatic carbocycles. The van der Waals surface area contributed by atoms with Crippen molar-refractivity contribution in [2.45, 2.75) is 37.5 Å². The van der Waals surface area contributed by atoms with E-state index in [1.807, 2.05) is 6.92 Å². The van der Waals surface area contributed by atoms with E-state index in [1.54, 1.807) is 24.3 Å². The second-order valence-electron chi connectivity index (χ2n) is 5.83. The van der Waals surface area contributed by atoms with Crippen molar-refractivity contribution in [3.63, 3.8) is 0 Å². The van der Waals surface area contributed by atoms with E-state index < -0.39 is 10.1 Å². The minimum Gasteiger partial charge on any atom is -0.266 e. The lowest BCUT2D eigenvalue weighted by atomic mass is 9.72. The largest absolute Gasteiger partial charge is 0.296 e. The van der Waals surface area contributed by atoms with E-state index in [0.29, 0.717) is 17.9 Å². The van der Waals surface area contributed by atoms with Crippen LogP contribution in [0.1, 0.15) is 31.2 Å². The lowest BCUT2D eigenvalue weighted by Crippen LogP contribution is -2.29. The van der Waals surface area contributed by atoms with Gasteiger partial charge in [-0.2, -0.15) is 8.42 Å². The average molecular weight is 266 g/mol. The Hall–Kier alpha value is -0.870. The highest BCUT2D eigenvalue weighted by molar-refractivity contribution is 7.86. The summed E-state index contributed by atoms with van der Waals surface area (Å²) in [6.45, 7) is 2.28. The number of hydrogen-bond acceptors (Lipinski definition) is 3. The zero-order valence-corrected chi connectivity index (χ0v) is 11.4. The van der Waals surface area contributed by atoms with Gasteiger partial charge >= 0.3 is 0 Å². The predicted molar refractivity (Wildman–Crippen MR) is 68.7 cm³/mol. The molecule has 0 aliphatic heterocycles. The molecule has 3 rings (SSSR count). The first-order chi connectivity index (χ1) is 8.49. The third kappa shape index (κ3) is 2.31. The van der Waals surface area contributed by atoms with Crippen molar-refractivity contribution < 1.29 is 12.6 Å². The van der Waals surface area contributed by atoms with Gasteiger partial charge in [-0.15, -0.1) is 0 Å². The van der Waals surface area contributed by atoms with Crippen molar-refractivity contribution in [1.29, 1.82) is 0 Å². The second-order valence-corrected chi connectivity index (χ2v) is 7.44. The van der Waals surface area contributed by atoms with Gasteiger partial charge in [-0.3, -0.25) is 4.18 Å². The highest BCUT2D eigenvalue weighted by Crippen LogP contribution is 2.63. The molecule has 0 unspecified atom stereocenters. The lowest BCUT2D eigenvalue weighted by molar-refractivity contribution is 0.107. The van der Waals surface area contributed by atoms with Gasteiger partial charge in [-0.05, 0) is 56.1 Å². The molecule has 2 saturated carbocycles. The standard InChI is InChI=1S/C14H18O3S/c1-11-2-4-13(5-3-11)18(15,16)17-10-12-8-14(9-12)6-7-14/h2-5,12H,6-10H2,1H3. The average Bonchev–Trinajstić information content (AvgIpc) is 3.06. The van der Waals surface area contributed by atoms with Crippen LogP contribution in [0.4, 0.5) is 0 Å². The number of benzene rings is 1. The first kappa shape index (κ1) is 12.2. The molecule has 0 atom stereocenters. The fraction of sp³-hybridized carbons (Fsp3) is 0.571.